The number of benzene rings is 1. The minimum absolute atomic E-state index is 0.00897. The number of aromatic nitrogens is 1. The third-order valence-electron chi connectivity index (χ3n) is 3.40. The molecule has 1 aromatic heterocycles. The summed E-state index contributed by atoms with van der Waals surface area (Å²) in [5, 5.41) is 2.09. The second-order valence-corrected chi connectivity index (χ2v) is 7.90. The van der Waals surface area contributed by atoms with Crippen LogP contribution >= 0.6 is 11.3 Å². The van der Waals surface area contributed by atoms with Crippen LogP contribution in [0.4, 0.5) is 4.39 Å². The quantitative estimate of drug-likeness (QED) is 0.858. The average molecular weight is 340 g/mol. The van der Waals surface area contributed by atoms with Crippen LogP contribution in [-0.2, 0) is 16.4 Å². The first-order valence-electron chi connectivity index (χ1n) is 6.70. The van der Waals surface area contributed by atoms with Gasteiger partial charge in [-0.1, -0.05) is 18.2 Å². The minimum Gasteiger partial charge on any atom is -0.266 e. The molecule has 8 heteroatoms. The van der Waals surface area contributed by atoms with Crippen LogP contribution < -0.4 is 0 Å². The van der Waals surface area contributed by atoms with Crippen molar-refractivity contribution in [1.29, 1.82) is 0 Å². The zero-order chi connectivity index (χ0) is 15.7. The summed E-state index contributed by atoms with van der Waals surface area (Å²) in [5.74, 6) is -0.938. The van der Waals surface area contributed by atoms with Crippen molar-refractivity contribution in [1.82, 2.24) is 9.29 Å². The molecule has 0 spiro atoms. The topological polar surface area (TPSA) is 67.3 Å². The molecule has 1 saturated heterocycles. The van der Waals surface area contributed by atoms with E-state index in [1.807, 2.05) is 0 Å². The standard InChI is InChI=1S/C14H13FN2O3S2/c15-11-5-2-1-4-10(11)8-13-16-12(9-21-13)14(18)17-6-3-7-22(17,19)20/h1-2,4-5,9H,3,6-8H2. The Bertz CT molecular complexity index is 817. The molecule has 1 aromatic carbocycles. The van der Waals surface area contributed by atoms with Gasteiger partial charge in [0.15, 0.2) is 0 Å². The number of carbonyl (C=O) groups is 1. The molecule has 2 aromatic rings. The predicted octanol–water partition coefficient (Wildman–Crippen LogP) is 2.05. The molecule has 0 bridgehead atoms. The Balaban J connectivity index is 1.79. The molecule has 0 unspecified atom stereocenters. The van der Waals surface area contributed by atoms with Gasteiger partial charge in [-0.3, -0.25) is 4.79 Å². The van der Waals surface area contributed by atoms with Gasteiger partial charge in [0, 0.05) is 18.3 Å². The Morgan fingerprint density at radius 2 is 2.14 bits per heavy atom. The molecule has 22 heavy (non-hydrogen) atoms. The van der Waals surface area contributed by atoms with E-state index in [4.69, 9.17) is 0 Å². The zero-order valence-electron chi connectivity index (χ0n) is 11.5. The molecule has 0 radical (unpaired) electrons. The molecule has 2 heterocycles. The molecule has 116 valence electrons. The highest BCUT2D eigenvalue weighted by atomic mass is 32.2. The van der Waals surface area contributed by atoms with E-state index in [1.165, 1.54) is 22.8 Å². The van der Waals surface area contributed by atoms with Crippen LogP contribution in [0.5, 0.6) is 0 Å². The van der Waals surface area contributed by atoms with Gasteiger partial charge in [-0.2, -0.15) is 0 Å². The summed E-state index contributed by atoms with van der Waals surface area (Å²) in [6.45, 7) is 0.196. The molecular weight excluding hydrogens is 327 g/mol. The molecule has 3 rings (SSSR count). The van der Waals surface area contributed by atoms with Gasteiger partial charge in [0.05, 0.1) is 10.8 Å². The van der Waals surface area contributed by atoms with Crippen molar-refractivity contribution in [3.05, 3.63) is 51.7 Å². The Kier molecular flexibility index (Phi) is 3.96. The number of rotatable bonds is 3. The number of amides is 1. The zero-order valence-corrected chi connectivity index (χ0v) is 13.2. The number of hydrogen-bond acceptors (Lipinski definition) is 5. The molecule has 0 atom stereocenters. The highest BCUT2D eigenvalue weighted by molar-refractivity contribution is 7.89. The molecule has 1 fully saturated rings. The second kappa shape index (κ2) is 5.77. The lowest BCUT2D eigenvalue weighted by molar-refractivity contribution is 0.0865. The van der Waals surface area contributed by atoms with Crippen molar-refractivity contribution in [3.8, 4) is 0 Å². The Labute approximate surface area is 131 Å². The number of thiazole rings is 1. The molecule has 0 aliphatic carbocycles. The Morgan fingerprint density at radius 1 is 1.36 bits per heavy atom. The van der Waals surface area contributed by atoms with Crippen LogP contribution in [-0.4, -0.2) is 35.9 Å². The first-order chi connectivity index (χ1) is 10.5. The minimum atomic E-state index is -3.50. The van der Waals surface area contributed by atoms with E-state index in [0.717, 1.165) is 4.31 Å². The van der Waals surface area contributed by atoms with Crippen LogP contribution in [0.1, 0.15) is 27.5 Å². The summed E-state index contributed by atoms with van der Waals surface area (Å²) < 4.78 is 38.0. The van der Waals surface area contributed by atoms with Crippen molar-refractivity contribution in [2.45, 2.75) is 12.8 Å². The maximum absolute atomic E-state index is 13.6. The summed E-state index contributed by atoms with van der Waals surface area (Å²) in [6, 6.07) is 6.36. The number of nitrogens with zero attached hydrogens (tertiary/aromatic N) is 2. The number of hydrogen-bond donors (Lipinski definition) is 0. The fraction of sp³-hybridized carbons (Fsp3) is 0.286. The van der Waals surface area contributed by atoms with E-state index in [9.17, 15) is 17.6 Å². The van der Waals surface area contributed by atoms with Crippen molar-refractivity contribution in [2.24, 2.45) is 0 Å². The number of halogens is 1. The van der Waals surface area contributed by atoms with Gasteiger partial charge in [-0.05, 0) is 18.1 Å². The van der Waals surface area contributed by atoms with Gasteiger partial charge in [0.2, 0.25) is 10.0 Å². The van der Waals surface area contributed by atoms with Gasteiger partial charge in [-0.15, -0.1) is 11.3 Å². The maximum atomic E-state index is 13.6. The molecule has 0 saturated carbocycles. The molecule has 1 aliphatic heterocycles. The third-order valence-corrected chi connectivity index (χ3v) is 6.07. The van der Waals surface area contributed by atoms with Crippen molar-refractivity contribution < 1.29 is 17.6 Å². The van der Waals surface area contributed by atoms with Crippen LogP contribution in [0.3, 0.4) is 0 Å². The fourth-order valence-corrected chi connectivity index (χ4v) is 4.55. The summed E-state index contributed by atoms with van der Waals surface area (Å²) in [7, 11) is -3.50. The average Bonchev–Trinajstić information content (AvgIpc) is 3.07. The lowest BCUT2D eigenvalue weighted by atomic mass is 10.1. The normalized spacial score (nSPS) is 16.9. The molecule has 5 nitrogen and oxygen atoms in total. The highest BCUT2D eigenvalue weighted by Gasteiger charge is 2.34. The molecule has 0 N–H and O–H groups in total. The number of sulfonamides is 1. The van der Waals surface area contributed by atoms with E-state index in [0.29, 0.717) is 17.0 Å². The van der Waals surface area contributed by atoms with Gasteiger partial charge < -0.3 is 0 Å². The van der Waals surface area contributed by atoms with Crippen LogP contribution in [0.2, 0.25) is 0 Å². The van der Waals surface area contributed by atoms with Crippen LogP contribution in [0.25, 0.3) is 0 Å². The first-order valence-corrected chi connectivity index (χ1v) is 9.19. The summed E-state index contributed by atoms with van der Waals surface area (Å²) >= 11 is 1.22. The smallest absolute Gasteiger partial charge is 0.266 e. The Hall–Kier alpha value is -1.80. The highest BCUT2D eigenvalue weighted by Crippen LogP contribution is 2.21. The van der Waals surface area contributed by atoms with E-state index in [-0.39, 0.29) is 30.2 Å². The largest absolute Gasteiger partial charge is 0.286 e. The maximum Gasteiger partial charge on any atom is 0.286 e. The van der Waals surface area contributed by atoms with Crippen LogP contribution in [0, 0.1) is 5.82 Å². The fourth-order valence-electron chi connectivity index (χ4n) is 2.29. The van der Waals surface area contributed by atoms with Crippen molar-refractivity contribution in [2.75, 3.05) is 12.3 Å². The van der Waals surface area contributed by atoms with Crippen molar-refractivity contribution >= 4 is 27.3 Å². The van der Waals surface area contributed by atoms with Gasteiger partial charge in [-0.25, -0.2) is 22.1 Å². The third kappa shape index (κ3) is 2.89. The summed E-state index contributed by atoms with van der Waals surface area (Å²) in [6.07, 6.45) is 0.720. The lowest BCUT2D eigenvalue weighted by Gasteiger charge is -2.12. The first kappa shape index (κ1) is 15.1. The van der Waals surface area contributed by atoms with Gasteiger partial charge in [0.25, 0.3) is 5.91 Å². The molecule has 1 aliphatic rings. The lowest BCUT2D eigenvalue weighted by Crippen LogP contribution is -2.32. The SMILES string of the molecule is O=C(c1csc(Cc2ccccc2F)n1)N1CCCS1(=O)=O. The summed E-state index contributed by atoms with van der Waals surface area (Å²) in [5.41, 5.74) is 0.589. The van der Waals surface area contributed by atoms with Gasteiger partial charge >= 0.3 is 0 Å². The van der Waals surface area contributed by atoms with E-state index < -0.39 is 15.9 Å². The van der Waals surface area contributed by atoms with Crippen molar-refractivity contribution in [3.63, 3.8) is 0 Å². The summed E-state index contributed by atoms with van der Waals surface area (Å²) in [4.78, 5) is 16.4. The van der Waals surface area contributed by atoms with E-state index in [2.05, 4.69) is 4.98 Å². The predicted molar refractivity (Wildman–Crippen MR) is 80.8 cm³/mol. The van der Waals surface area contributed by atoms with Gasteiger partial charge in [0.1, 0.15) is 11.5 Å². The number of carbonyl (C=O) groups excluding carboxylic acids is 1. The second-order valence-electron chi connectivity index (χ2n) is 4.94. The molecule has 1 amide bonds. The van der Waals surface area contributed by atoms with Crippen LogP contribution in [0.15, 0.2) is 29.6 Å². The van der Waals surface area contributed by atoms with E-state index in [1.54, 1.807) is 18.2 Å². The van der Waals surface area contributed by atoms with E-state index >= 15 is 0 Å². The Morgan fingerprint density at radius 3 is 2.82 bits per heavy atom. The molecular formula is C14H13FN2O3S2. The monoisotopic (exact) mass is 340 g/mol.